The Labute approximate surface area is 125 Å². The third kappa shape index (κ3) is 2.51. The SMILES string of the molecule is CCc1nc(-c2cc(C)cc3c2O[C@@H](CN)C3)ncc1C. The van der Waals surface area contributed by atoms with Crippen LogP contribution in [0.25, 0.3) is 11.4 Å². The van der Waals surface area contributed by atoms with Crippen LogP contribution in [0.3, 0.4) is 0 Å². The molecule has 0 saturated carbocycles. The van der Waals surface area contributed by atoms with E-state index in [1.807, 2.05) is 13.1 Å². The minimum Gasteiger partial charge on any atom is -0.488 e. The first-order chi connectivity index (χ1) is 10.1. The minimum atomic E-state index is 0.0663. The first-order valence-corrected chi connectivity index (χ1v) is 7.45. The Morgan fingerprint density at radius 3 is 2.86 bits per heavy atom. The standard InChI is InChI=1S/C17H21N3O/c1-4-15-11(3)9-19-17(20-15)14-6-10(2)5-12-7-13(8-18)21-16(12)14/h5-6,9,13H,4,7-8,18H2,1-3H3/t13-/m1/s1. The zero-order chi connectivity index (χ0) is 15.0. The van der Waals surface area contributed by atoms with Crippen LogP contribution >= 0.6 is 0 Å². The molecule has 0 bridgehead atoms. The number of rotatable bonds is 3. The van der Waals surface area contributed by atoms with Crippen molar-refractivity contribution in [3.63, 3.8) is 0 Å². The summed E-state index contributed by atoms with van der Waals surface area (Å²) in [6.07, 6.45) is 3.73. The lowest BCUT2D eigenvalue weighted by molar-refractivity contribution is 0.242. The molecule has 3 rings (SSSR count). The van der Waals surface area contributed by atoms with Gasteiger partial charge >= 0.3 is 0 Å². The van der Waals surface area contributed by atoms with Crippen molar-refractivity contribution in [3.05, 3.63) is 40.7 Å². The molecule has 2 N–H and O–H groups in total. The largest absolute Gasteiger partial charge is 0.488 e. The lowest BCUT2D eigenvalue weighted by Crippen LogP contribution is -2.24. The Morgan fingerprint density at radius 2 is 2.14 bits per heavy atom. The summed E-state index contributed by atoms with van der Waals surface area (Å²) in [6.45, 7) is 6.78. The van der Waals surface area contributed by atoms with E-state index < -0.39 is 0 Å². The van der Waals surface area contributed by atoms with Crippen LogP contribution in [0.1, 0.15) is 29.3 Å². The van der Waals surface area contributed by atoms with Crippen LogP contribution in [0.2, 0.25) is 0 Å². The summed E-state index contributed by atoms with van der Waals surface area (Å²) in [6, 6.07) is 4.27. The molecule has 110 valence electrons. The zero-order valence-electron chi connectivity index (χ0n) is 12.8. The van der Waals surface area contributed by atoms with Crippen molar-refractivity contribution in [1.82, 2.24) is 9.97 Å². The van der Waals surface area contributed by atoms with Gasteiger partial charge in [0.15, 0.2) is 5.82 Å². The summed E-state index contributed by atoms with van der Waals surface area (Å²) in [4.78, 5) is 9.21. The fraction of sp³-hybridized carbons (Fsp3) is 0.412. The van der Waals surface area contributed by atoms with E-state index in [4.69, 9.17) is 15.5 Å². The summed E-state index contributed by atoms with van der Waals surface area (Å²) < 4.78 is 6.00. The van der Waals surface area contributed by atoms with E-state index >= 15 is 0 Å². The van der Waals surface area contributed by atoms with Gasteiger partial charge in [0.1, 0.15) is 11.9 Å². The third-order valence-electron chi connectivity index (χ3n) is 3.96. The van der Waals surface area contributed by atoms with E-state index in [1.165, 1.54) is 11.1 Å². The number of aryl methyl sites for hydroxylation is 3. The molecular formula is C17H21N3O. The molecule has 0 spiro atoms. The highest BCUT2D eigenvalue weighted by Crippen LogP contribution is 2.38. The molecule has 1 aliphatic heterocycles. The molecule has 1 aromatic carbocycles. The van der Waals surface area contributed by atoms with Crippen LogP contribution < -0.4 is 10.5 Å². The van der Waals surface area contributed by atoms with Crippen molar-refractivity contribution in [2.24, 2.45) is 5.73 Å². The lowest BCUT2D eigenvalue weighted by atomic mass is 10.0. The van der Waals surface area contributed by atoms with Gasteiger partial charge in [0.05, 0.1) is 5.56 Å². The summed E-state index contributed by atoms with van der Waals surface area (Å²) in [7, 11) is 0. The highest BCUT2D eigenvalue weighted by molar-refractivity contribution is 5.69. The van der Waals surface area contributed by atoms with E-state index in [2.05, 4.69) is 31.0 Å². The monoisotopic (exact) mass is 283 g/mol. The Balaban J connectivity index is 2.12. The van der Waals surface area contributed by atoms with Crippen molar-refractivity contribution in [1.29, 1.82) is 0 Å². The van der Waals surface area contributed by atoms with Gasteiger partial charge in [0.2, 0.25) is 0 Å². The summed E-state index contributed by atoms with van der Waals surface area (Å²) in [5, 5.41) is 0. The van der Waals surface area contributed by atoms with Gasteiger partial charge in [0.25, 0.3) is 0 Å². The maximum absolute atomic E-state index is 6.00. The number of fused-ring (bicyclic) bond motifs is 1. The van der Waals surface area contributed by atoms with Gasteiger partial charge in [-0.1, -0.05) is 13.0 Å². The number of aromatic nitrogens is 2. The number of nitrogens with two attached hydrogens (primary N) is 1. The molecular weight excluding hydrogens is 262 g/mol. The van der Waals surface area contributed by atoms with Gasteiger partial charge in [-0.15, -0.1) is 0 Å². The van der Waals surface area contributed by atoms with Crippen LogP contribution in [0.4, 0.5) is 0 Å². The van der Waals surface area contributed by atoms with Crippen LogP contribution in [-0.2, 0) is 12.8 Å². The Hall–Kier alpha value is -1.94. The van der Waals surface area contributed by atoms with Crippen LogP contribution in [-0.4, -0.2) is 22.6 Å². The van der Waals surface area contributed by atoms with Crippen LogP contribution in [0.5, 0.6) is 5.75 Å². The summed E-state index contributed by atoms with van der Waals surface area (Å²) >= 11 is 0. The van der Waals surface area contributed by atoms with E-state index in [1.54, 1.807) is 0 Å². The van der Waals surface area contributed by atoms with Crippen molar-refractivity contribution in [2.45, 2.75) is 39.7 Å². The first-order valence-electron chi connectivity index (χ1n) is 7.45. The van der Waals surface area contributed by atoms with E-state index in [0.717, 1.165) is 41.2 Å². The Bertz CT molecular complexity index is 682. The van der Waals surface area contributed by atoms with Gasteiger partial charge in [0, 0.05) is 24.9 Å². The van der Waals surface area contributed by atoms with Gasteiger partial charge in [-0.05, 0) is 43.0 Å². The molecule has 0 saturated heterocycles. The van der Waals surface area contributed by atoms with Gasteiger partial charge in [-0.3, -0.25) is 0 Å². The molecule has 0 aliphatic carbocycles. The maximum Gasteiger partial charge on any atom is 0.163 e. The van der Waals surface area contributed by atoms with Crippen molar-refractivity contribution in [3.8, 4) is 17.1 Å². The van der Waals surface area contributed by atoms with Crippen LogP contribution in [0, 0.1) is 13.8 Å². The number of hydrogen-bond acceptors (Lipinski definition) is 4. The smallest absolute Gasteiger partial charge is 0.163 e. The zero-order valence-corrected chi connectivity index (χ0v) is 12.8. The number of nitrogens with zero attached hydrogens (tertiary/aromatic N) is 2. The predicted octanol–water partition coefficient (Wildman–Crippen LogP) is 2.59. The predicted molar refractivity (Wildman–Crippen MR) is 83.5 cm³/mol. The van der Waals surface area contributed by atoms with E-state index in [9.17, 15) is 0 Å². The second kappa shape index (κ2) is 5.45. The van der Waals surface area contributed by atoms with Crippen molar-refractivity contribution >= 4 is 0 Å². The van der Waals surface area contributed by atoms with Crippen LogP contribution in [0.15, 0.2) is 18.3 Å². The molecule has 0 radical (unpaired) electrons. The normalized spacial score (nSPS) is 16.7. The topological polar surface area (TPSA) is 61.0 Å². The third-order valence-corrected chi connectivity index (χ3v) is 3.96. The maximum atomic E-state index is 6.00. The van der Waals surface area contributed by atoms with E-state index in [-0.39, 0.29) is 6.10 Å². The number of hydrogen-bond donors (Lipinski definition) is 1. The van der Waals surface area contributed by atoms with Gasteiger partial charge in [-0.2, -0.15) is 0 Å². The Morgan fingerprint density at radius 1 is 1.33 bits per heavy atom. The fourth-order valence-corrected chi connectivity index (χ4v) is 2.86. The fourth-order valence-electron chi connectivity index (χ4n) is 2.86. The Kier molecular flexibility index (Phi) is 3.64. The molecule has 4 heteroatoms. The highest BCUT2D eigenvalue weighted by atomic mass is 16.5. The second-order valence-corrected chi connectivity index (χ2v) is 5.66. The number of benzene rings is 1. The molecule has 2 heterocycles. The lowest BCUT2D eigenvalue weighted by Gasteiger charge is -2.12. The summed E-state index contributed by atoms with van der Waals surface area (Å²) in [5.41, 5.74) is 11.4. The van der Waals surface area contributed by atoms with Crippen molar-refractivity contribution < 1.29 is 4.74 Å². The average Bonchev–Trinajstić information content (AvgIpc) is 2.89. The molecule has 1 aromatic heterocycles. The summed E-state index contributed by atoms with van der Waals surface area (Å²) in [5.74, 6) is 1.65. The van der Waals surface area contributed by atoms with E-state index in [0.29, 0.717) is 6.54 Å². The second-order valence-electron chi connectivity index (χ2n) is 5.66. The van der Waals surface area contributed by atoms with Gasteiger partial charge in [-0.25, -0.2) is 9.97 Å². The van der Waals surface area contributed by atoms with Gasteiger partial charge < -0.3 is 10.5 Å². The molecule has 0 unspecified atom stereocenters. The first kappa shape index (κ1) is 14.0. The molecule has 2 aromatic rings. The molecule has 4 nitrogen and oxygen atoms in total. The molecule has 0 fully saturated rings. The molecule has 1 aliphatic rings. The quantitative estimate of drug-likeness (QED) is 0.940. The van der Waals surface area contributed by atoms with Crippen molar-refractivity contribution in [2.75, 3.05) is 6.54 Å². The highest BCUT2D eigenvalue weighted by Gasteiger charge is 2.26. The average molecular weight is 283 g/mol. The number of ether oxygens (including phenoxy) is 1. The molecule has 1 atom stereocenters. The molecule has 0 amide bonds. The molecule has 21 heavy (non-hydrogen) atoms. The minimum absolute atomic E-state index is 0.0663.